The summed E-state index contributed by atoms with van der Waals surface area (Å²) in [4.78, 5) is 25.0. The van der Waals surface area contributed by atoms with Crippen LogP contribution in [-0.2, 0) is 4.79 Å². The number of rotatable bonds is 4. The lowest BCUT2D eigenvalue weighted by molar-refractivity contribution is -0.120. The minimum atomic E-state index is -0.504. The molecule has 1 N–H and O–H groups in total. The standard InChI is InChI=1S/C17H19ClFN5O/c1-12(16(25)22-15-11-13(18)3-4-14(15)19)23-7-9-24(10-8-23)17-20-5-2-6-21-17/h2-6,11-12H,7-10H2,1H3,(H,22,25). The highest BCUT2D eigenvalue weighted by Crippen LogP contribution is 2.20. The van der Waals surface area contributed by atoms with Crippen LogP contribution in [0.3, 0.4) is 0 Å². The molecule has 1 aromatic carbocycles. The fraction of sp³-hybridized carbons (Fsp3) is 0.353. The second kappa shape index (κ2) is 7.76. The molecule has 1 aliphatic rings. The fourth-order valence-corrected chi connectivity index (χ4v) is 2.93. The third-order valence-corrected chi connectivity index (χ3v) is 4.50. The second-order valence-electron chi connectivity index (χ2n) is 5.86. The normalized spacial score (nSPS) is 16.5. The van der Waals surface area contributed by atoms with Crippen LogP contribution in [0.1, 0.15) is 6.92 Å². The van der Waals surface area contributed by atoms with Crippen LogP contribution in [0.4, 0.5) is 16.0 Å². The molecule has 2 heterocycles. The van der Waals surface area contributed by atoms with E-state index in [1.54, 1.807) is 18.5 Å². The Kier molecular flexibility index (Phi) is 5.45. The number of piperazine rings is 1. The van der Waals surface area contributed by atoms with E-state index in [1.807, 2.05) is 6.92 Å². The number of anilines is 2. The zero-order valence-corrected chi connectivity index (χ0v) is 14.6. The molecule has 0 radical (unpaired) electrons. The highest BCUT2D eigenvalue weighted by atomic mass is 35.5. The van der Waals surface area contributed by atoms with Gasteiger partial charge in [0.1, 0.15) is 5.82 Å². The monoisotopic (exact) mass is 363 g/mol. The van der Waals surface area contributed by atoms with Gasteiger partial charge in [-0.2, -0.15) is 0 Å². The third-order valence-electron chi connectivity index (χ3n) is 4.26. The molecule has 1 aromatic heterocycles. The molecule has 1 amide bonds. The number of amides is 1. The average Bonchev–Trinajstić information content (AvgIpc) is 2.65. The van der Waals surface area contributed by atoms with Crippen molar-refractivity contribution in [3.05, 3.63) is 47.5 Å². The van der Waals surface area contributed by atoms with Gasteiger partial charge in [0.15, 0.2) is 0 Å². The van der Waals surface area contributed by atoms with E-state index in [4.69, 9.17) is 11.6 Å². The van der Waals surface area contributed by atoms with Crippen LogP contribution in [0.2, 0.25) is 5.02 Å². The number of nitrogens with one attached hydrogen (secondary N) is 1. The molecule has 132 valence electrons. The summed E-state index contributed by atoms with van der Waals surface area (Å²) in [5, 5.41) is 2.99. The molecule has 1 atom stereocenters. The van der Waals surface area contributed by atoms with E-state index in [-0.39, 0.29) is 17.6 Å². The quantitative estimate of drug-likeness (QED) is 0.904. The summed E-state index contributed by atoms with van der Waals surface area (Å²) in [7, 11) is 0. The van der Waals surface area contributed by atoms with Gasteiger partial charge in [-0.15, -0.1) is 0 Å². The highest BCUT2D eigenvalue weighted by Gasteiger charge is 2.26. The van der Waals surface area contributed by atoms with E-state index in [0.717, 1.165) is 13.1 Å². The lowest BCUT2D eigenvalue weighted by atomic mass is 10.2. The van der Waals surface area contributed by atoms with Gasteiger partial charge in [0.05, 0.1) is 11.7 Å². The van der Waals surface area contributed by atoms with Crippen molar-refractivity contribution in [2.45, 2.75) is 13.0 Å². The minimum Gasteiger partial charge on any atom is -0.338 e. The number of benzene rings is 1. The Balaban J connectivity index is 1.57. The van der Waals surface area contributed by atoms with Crippen molar-refractivity contribution in [2.75, 3.05) is 36.4 Å². The van der Waals surface area contributed by atoms with Crippen molar-refractivity contribution >= 4 is 29.1 Å². The maximum Gasteiger partial charge on any atom is 0.241 e. The van der Waals surface area contributed by atoms with E-state index >= 15 is 0 Å². The Labute approximate surface area is 150 Å². The zero-order valence-electron chi connectivity index (χ0n) is 13.8. The SMILES string of the molecule is CC(C(=O)Nc1cc(Cl)ccc1F)N1CCN(c2ncccn2)CC1. The van der Waals surface area contributed by atoms with Crippen LogP contribution in [0.5, 0.6) is 0 Å². The lowest BCUT2D eigenvalue weighted by Crippen LogP contribution is -2.53. The summed E-state index contributed by atoms with van der Waals surface area (Å²) in [5.41, 5.74) is 0.0978. The molecule has 1 fully saturated rings. The molecule has 1 unspecified atom stereocenters. The first kappa shape index (κ1) is 17.6. The van der Waals surface area contributed by atoms with Crippen LogP contribution in [0.25, 0.3) is 0 Å². The Hall–Kier alpha value is -2.25. The van der Waals surface area contributed by atoms with Crippen molar-refractivity contribution in [3.63, 3.8) is 0 Å². The summed E-state index contributed by atoms with van der Waals surface area (Å²) in [6.45, 7) is 4.67. The van der Waals surface area contributed by atoms with Gasteiger partial charge in [-0.05, 0) is 31.2 Å². The summed E-state index contributed by atoms with van der Waals surface area (Å²) < 4.78 is 13.8. The number of carbonyl (C=O) groups is 1. The highest BCUT2D eigenvalue weighted by molar-refractivity contribution is 6.30. The first-order chi connectivity index (χ1) is 12.0. The van der Waals surface area contributed by atoms with Crippen molar-refractivity contribution in [1.29, 1.82) is 0 Å². The Morgan fingerprint density at radius 2 is 1.92 bits per heavy atom. The molecule has 0 aliphatic carbocycles. The van der Waals surface area contributed by atoms with Gasteiger partial charge in [0.25, 0.3) is 0 Å². The number of halogens is 2. The molecule has 0 saturated carbocycles. The Bertz CT molecular complexity index is 737. The zero-order chi connectivity index (χ0) is 17.8. The first-order valence-electron chi connectivity index (χ1n) is 8.06. The molecule has 0 spiro atoms. The van der Waals surface area contributed by atoms with Gasteiger partial charge in [-0.3, -0.25) is 9.69 Å². The van der Waals surface area contributed by atoms with E-state index in [9.17, 15) is 9.18 Å². The molecule has 8 heteroatoms. The van der Waals surface area contributed by atoms with E-state index in [0.29, 0.717) is 24.1 Å². The van der Waals surface area contributed by atoms with Gasteiger partial charge in [0.2, 0.25) is 11.9 Å². The molecule has 1 saturated heterocycles. The molecule has 0 bridgehead atoms. The lowest BCUT2D eigenvalue weighted by Gasteiger charge is -2.37. The number of hydrogen-bond donors (Lipinski definition) is 1. The summed E-state index contributed by atoms with van der Waals surface area (Å²) in [5.74, 6) is -0.0678. The largest absolute Gasteiger partial charge is 0.338 e. The predicted molar refractivity (Wildman–Crippen MR) is 95.3 cm³/mol. The number of hydrogen-bond acceptors (Lipinski definition) is 5. The van der Waals surface area contributed by atoms with E-state index in [2.05, 4.69) is 25.1 Å². The molecule has 1 aliphatic heterocycles. The average molecular weight is 364 g/mol. The summed E-state index contributed by atoms with van der Waals surface area (Å²) >= 11 is 5.86. The van der Waals surface area contributed by atoms with Crippen LogP contribution >= 0.6 is 11.6 Å². The minimum absolute atomic E-state index is 0.0978. The van der Waals surface area contributed by atoms with E-state index < -0.39 is 5.82 Å². The second-order valence-corrected chi connectivity index (χ2v) is 6.30. The van der Waals surface area contributed by atoms with Crippen molar-refractivity contribution < 1.29 is 9.18 Å². The summed E-state index contributed by atoms with van der Waals surface area (Å²) in [6.07, 6.45) is 3.43. The van der Waals surface area contributed by atoms with Crippen molar-refractivity contribution in [2.24, 2.45) is 0 Å². The number of aromatic nitrogens is 2. The smallest absolute Gasteiger partial charge is 0.241 e. The summed E-state index contributed by atoms with van der Waals surface area (Å²) in [6, 6.07) is 5.49. The van der Waals surface area contributed by atoms with Gasteiger partial charge >= 0.3 is 0 Å². The van der Waals surface area contributed by atoms with Crippen LogP contribution in [0, 0.1) is 5.82 Å². The Morgan fingerprint density at radius 1 is 1.24 bits per heavy atom. The molecule has 6 nitrogen and oxygen atoms in total. The fourth-order valence-electron chi connectivity index (χ4n) is 2.76. The number of nitrogens with zero attached hydrogens (tertiary/aromatic N) is 4. The molecule has 2 aromatic rings. The van der Waals surface area contributed by atoms with Crippen LogP contribution in [-0.4, -0.2) is 53.0 Å². The van der Waals surface area contributed by atoms with Gasteiger partial charge < -0.3 is 10.2 Å². The molecule has 25 heavy (non-hydrogen) atoms. The third kappa shape index (κ3) is 4.24. The van der Waals surface area contributed by atoms with Gasteiger partial charge in [-0.25, -0.2) is 14.4 Å². The Morgan fingerprint density at radius 3 is 2.60 bits per heavy atom. The van der Waals surface area contributed by atoms with Gasteiger partial charge in [-0.1, -0.05) is 11.6 Å². The van der Waals surface area contributed by atoms with Crippen molar-refractivity contribution in [1.82, 2.24) is 14.9 Å². The van der Waals surface area contributed by atoms with Crippen molar-refractivity contribution in [3.8, 4) is 0 Å². The van der Waals surface area contributed by atoms with E-state index in [1.165, 1.54) is 18.2 Å². The first-order valence-corrected chi connectivity index (χ1v) is 8.44. The van der Waals surface area contributed by atoms with Crippen LogP contribution < -0.4 is 10.2 Å². The number of carbonyl (C=O) groups excluding carboxylic acids is 1. The molecular formula is C17H19ClFN5O. The topological polar surface area (TPSA) is 61.4 Å². The molecule has 3 rings (SSSR count). The maximum atomic E-state index is 13.8. The van der Waals surface area contributed by atoms with Crippen LogP contribution in [0.15, 0.2) is 36.7 Å². The molecular weight excluding hydrogens is 345 g/mol. The van der Waals surface area contributed by atoms with Gasteiger partial charge in [0, 0.05) is 43.6 Å². The maximum absolute atomic E-state index is 13.8. The predicted octanol–water partition coefficient (Wildman–Crippen LogP) is 2.42.